The minimum absolute atomic E-state index is 0. The number of aromatic nitrogens is 2. The van der Waals surface area contributed by atoms with Crippen LogP contribution in [-0.4, -0.2) is 22.1 Å². The Labute approximate surface area is 239 Å². The molecule has 0 spiro atoms. The summed E-state index contributed by atoms with van der Waals surface area (Å²) in [5.41, 5.74) is 4.77. The van der Waals surface area contributed by atoms with E-state index in [0.29, 0.717) is 24.1 Å². The summed E-state index contributed by atoms with van der Waals surface area (Å²) in [6.07, 6.45) is 4.45. The molecule has 0 aliphatic carbocycles. The van der Waals surface area contributed by atoms with Gasteiger partial charge >= 0.3 is 35.6 Å². The van der Waals surface area contributed by atoms with Gasteiger partial charge in [-0.15, -0.1) is 0 Å². The quantitative estimate of drug-likeness (QED) is 0.216. The van der Waals surface area contributed by atoms with Crippen molar-refractivity contribution in [2.24, 2.45) is 0 Å². The standard InChI is InChI=1S/C29H29ClN2O3.Na/c30-24-17-19-25(20-18-24)32-28(23-14-8-5-9-15-23)27(22-12-6-4-7-13-22)31-29(32)35-21-11-3-1-2-10-16-26(33)34;/h4-9,12-15,17-20H,1-3,10-11,16,21H2,(H,33,34);/q;+1/p-1. The van der Waals surface area contributed by atoms with Gasteiger partial charge < -0.3 is 14.6 Å². The molecule has 5 nitrogen and oxygen atoms in total. The number of carbonyl (C=O) groups is 1. The van der Waals surface area contributed by atoms with Gasteiger partial charge in [0.2, 0.25) is 0 Å². The molecule has 0 N–H and O–H groups in total. The average molecular weight is 511 g/mol. The Morgan fingerprint density at radius 1 is 0.806 bits per heavy atom. The molecule has 0 bridgehead atoms. The third-order valence-corrected chi connectivity index (χ3v) is 6.03. The molecule has 0 amide bonds. The summed E-state index contributed by atoms with van der Waals surface area (Å²) in [7, 11) is 0. The smallest absolute Gasteiger partial charge is 0.550 e. The van der Waals surface area contributed by atoms with Crippen molar-refractivity contribution in [1.82, 2.24) is 9.55 Å². The minimum Gasteiger partial charge on any atom is -0.550 e. The Hall–Kier alpha value is -2.57. The number of nitrogens with zero attached hydrogens (tertiary/aromatic N) is 2. The van der Waals surface area contributed by atoms with E-state index in [1.54, 1.807) is 0 Å². The SMILES string of the molecule is O=C([O-])CCCCCCCOc1nc(-c2ccccc2)c(-c2ccccc2)n1-c1ccc(Cl)cc1.[Na+]. The zero-order chi connectivity index (χ0) is 24.5. The van der Waals surface area contributed by atoms with Gasteiger partial charge in [-0.05, 0) is 43.5 Å². The van der Waals surface area contributed by atoms with Crippen LogP contribution in [0.5, 0.6) is 6.01 Å². The summed E-state index contributed by atoms with van der Waals surface area (Å²) in [5.74, 6) is -0.981. The van der Waals surface area contributed by atoms with Crippen LogP contribution < -0.4 is 39.4 Å². The zero-order valence-electron chi connectivity index (χ0n) is 20.5. The van der Waals surface area contributed by atoms with Gasteiger partial charge in [0, 0.05) is 22.1 Å². The maximum absolute atomic E-state index is 10.5. The van der Waals surface area contributed by atoms with Crippen molar-refractivity contribution in [1.29, 1.82) is 0 Å². The van der Waals surface area contributed by atoms with Gasteiger partial charge in [0.15, 0.2) is 0 Å². The van der Waals surface area contributed by atoms with Crippen LogP contribution in [0.1, 0.15) is 38.5 Å². The Morgan fingerprint density at radius 2 is 1.39 bits per heavy atom. The molecule has 4 rings (SSSR count). The van der Waals surface area contributed by atoms with E-state index in [1.807, 2.05) is 65.2 Å². The summed E-state index contributed by atoms with van der Waals surface area (Å²) in [5, 5.41) is 11.2. The number of carboxylic acid groups (broad SMARTS) is 1. The molecule has 0 radical (unpaired) electrons. The molecule has 7 heteroatoms. The number of halogens is 1. The fraction of sp³-hybridized carbons (Fsp3) is 0.241. The molecule has 0 aliphatic heterocycles. The molecule has 36 heavy (non-hydrogen) atoms. The second kappa shape index (κ2) is 14.2. The molecule has 0 aliphatic rings. The maximum Gasteiger partial charge on any atom is 1.00 e. The first kappa shape index (κ1) is 28.0. The molecule has 0 atom stereocenters. The fourth-order valence-electron chi connectivity index (χ4n) is 4.05. The van der Waals surface area contributed by atoms with Gasteiger partial charge in [-0.3, -0.25) is 4.57 Å². The third kappa shape index (κ3) is 7.47. The van der Waals surface area contributed by atoms with Crippen LogP contribution in [0.15, 0.2) is 84.9 Å². The molecule has 180 valence electrons. The van der Waals surface area contributed by atoms with Crippen molar-refractivity contribution >= 4 is 17.6 Å². The number of carbonyl (C=O) groups excluding carboxylic acids is 1. The van der Waals surface area contributed by atoms with Crippen LogP contribution in [0.4, 0.5) is 0 Å². The normalized spacial score (nSPS) is 10.6. The third-order valence-electron chi connectivity index (χ3n) is 5.78. The number of ether oxygens (including phenoxy) is 1. The number of benzene rings is 3. The van der Waals surface area contributed by atoms with Gasteiger partial charge in [-0.25, -0.2) is 0 Å². The van der Waals surface area contributed by atoms with Crippen LogP contribution in [0.2, 0.25) is 5.02 Å². The molecule has 0 unspecified atom stereocenters. The number of carboxylic acids is 1. The number of aliphatic carboxylic acids is 1. The minimum atomic E-state index is -0.981. The molecule has 1 heterocycles. The van der Waals surface area contributed by atoms with Gasteiger partial charge in [-0.2, -0.15) is 4.98 Å². The monoisotopic (exact) mass is 510 g/mol. The van der Waals surface area contributed by atoms with Crippen molar-refractivity contribution < 1.29 is 44.2 Å². The van der Waals surface area contributed by atoms with Crippen LogP contribution in [0, 0.1) is 0 Å². The number of imidazole rings is 1. The zero-order valence-corrected chi connectivity index (χ0v) is 23.3. The van der Waals surface area contributed by atoms with Gasteiger partial charge in [0.1, 0.15) is 5.69 Å². The van der Waals surface area contributed by atoms with E-state index in [2.05, 4.69) is 24.3 Å². The topological polar surface area (TPSA) is 67.2 Å². The van der Waals surface area contributed by atoms with Crippen molar-refractivity contribution in [3.63, 3.8) is 0 Å². The second-order valence-corrected chi connectivity index (χ2v) is 8.81. The van der Waals surface area contributed by atoms with Crippen LogP contribution in [0.3, 0.4) is 0 Å². The van der Waals surface area contributed by atoms with Crippen LogP contribution >= 0.6 is 11.6 Å². The molecule has 0 saturated carbocycles. The summed E-state index contributed by atoms with van der Waals surface area (Å²) in [6.45, 7) is 0.521. The summed E-state index contributed by atoms with van der Waals surface area (Å²) in [6, 6.07) is 28.5. The average Bonchev–Trinajstić information content (AvgIpc) is 3.26. The number of rotatable bonds is 12. The van der Waals surface area contributed by atoms with Crippen molar-refractivity contribution in [2.75, 3.05) is 6.61 Å². The van der Waals surface area contributed by atoms with E-state index in [9.17, 15) is 9.90 Å². The number of hydrogen-bond acceptors (Lipinski definition) is 4. The predicted molar refractivity (Wildman–Crippen MR) is 138 cm³/mol. The van der Waals surface area contributed by atoms with E-state index in [1.165, 1.54) is 0 Å². The fourth-order valence-corrected chi connectivity index (χ4v) is 4.18. The first-order valence-corrected chi connectivity index (χ1v) is 12.3. The van der Waals surface area contributed by atoms with Crippen LogP contribution in [-0.2, 0) is 4.79 Å². The van der Waals surface area contributed by atoms with E-state index < -0.39 is 5.97 Å². The molecular formula is C29H28ClN2NaO3. The molecule has 3 aromatic carbocycles. The molecule has 1 aromatic heterocycles. The molecule has 0 saturated heterocycles. The summed E-state index contributed by atoms with van der Waals surface area (Å²) < 4.78 is 8.30. The van der Waals surface area contributed by atoms with Crippen molar-refractivity contribution in [2.45, 2.75) is 38.5 Å². The van der Waals surface area contributed by atoms with Gasteiger partial charge in [0.05, 0.1) is 18.0 Å². The van der Waals surface area contributed by atoms with E-state index in [0.717, 1.165) is 53.9 Å². The number of unbranched alkanes of at least 4 members (excludes halogenated alkanes) is 4. The van der Waals surface area contributed by atoms with Crippen LogP contribution in [0.25, 0.3) is 28.2 Å². The van der Waals surface area contributed by atoms with Gasteiger partial charge in [-0.1, -0.05) is 91.5 Å². The molecular weight excluding hydrogens is 483 g/mol. The van der Waals surface area contributed by atoms with Crippen molar-refractivity contribution in [3.8, 4) is 34.2 Å². The summed E-state index contributed by atoms with van der Waals surface area (Å²) in [4.78, 5) is 15.5. The molecule has 0 fully saturated rings. The first-order chi connectivity index (χ1) is 17.1. The largest absolute Gasteiger partial charge is 1.00 e. The molecule has 4 aromatic rings. The Morgan fingerprint density at radius 3 is 2.03 bits per heavy atom. The Bertz CT molecular complexity index is 1230. The van der Waals surface area contributed by atoms with E-state index in [-0.39, 0.29) is 36.0 Å². The predicted octanol–water partition coefficient (Wildman–Crippen LogP) is 3.33. The number of hydrogen-bond donors (Lipinski definition) is 0. The second-order valence-electron chi connectivity index (χ2n) is 8.37. The van der Waals surface area contributed by atoms with Gasteiger partial charge in [0.25, 0.3) is 0 Å². The maximum atomic E-state index is 10.5. The Balaban J connectivity index is 0.00000361. The summed E-state index contributed by atoms with van der Waals surface area (Å²) >= 11 is 6.18. The van der Waals surface area contributed by atoms with E-state index >= 15 is 0 Å². The van der Waals surface area contributed by atoms with E-state index in [4.69, 9.17) is 21.3 Å². The van der Waals surface area contributed by atoms with Crippen molar-refractivity contribution in [3.05, 3.63) is 90.0 Å². The Kier molecular flexibility index (Phi) is 11.1. The first-order valence-electron chi connectivity index (χ1n) is 12.0.